The molecule has 138 valence electrons. The van der Waals surface area contributed by atoms with Gasteiger partial charge in [-0.15, -0.1) is 0 Å². The maximum Gasteiger partial charge on any atom is 0.266 e. The van der Waals surface area contributed by atoms with E-state index in [-0.39, 0.29) is 11.4 Å². The van der Waals surface area contributed by atoms with Crippen LogP contribution in [0.25, 0.3) is 28.7 Å². The minimum atomic E-state index is -0.335. The zero-order valence-corrected chi connectivity index (χ0v) is 15.2. The minimum Gasteiger partial charge on any atom is -0.497 e. The second-order valence-corrected chi connectivity index (χ2v) is 6.18. The lowest BCUT2D eigenvalue weighted by Crippen LogP contribution is -2.22. The van der Waals surface area contributed by atoms with Crippen molar-refractivity contribution >= 4 is 23.1 Å². The van der Waals surface area contributed by atoms with E-state index in [4.69, 9.17) is 4.74 Å². The summed E-state index contributed by atoms with van der Waals surface area (Å²) in [6.07, 6.45) is 3.27. The number of nitrogens with zero attached hydrogens (tertiary/aromatic N) is 2. The van der Waals surface area contributed by atoms with Gasteiger partial charge in [0.15, 0.2) is 0 Å². The lowest BCUT2D eigenvalue weighted by molar-refractivity contribution is 0.414. The lowest BCUT2D eigenvalue weighted by Gasteiger charge is -2.12. The van der Waals surface area contributed by atoms with Gasteiger partial charge in [-0.25, -0.2) is 9.37 Å². The molecular weight excluding hydrogens is 355 g/mol. The molecule has 0 bridgehead atoms. The van der Waals surface area contributed by atoms with Gasteiger partial charge in [0, 0.05) is 5.56 Å². The molecule has 4 rings (SSSR count). The first-order valence-corrected chi connectivity index (χ1v) is 8.76. The summed E-state index contributed by atoms with van der Waals surface area (Å²) in [4.78, 5) is 17.8. The number of hydrogen-bond acceptors (Lipinski definition) is 3. The second kappa shape index (κ2) is 7.48. The average Bonchev–Trinajstić information content (AvgIpc) is 2.73. The van der Waals surface area contributed by atoms with E-state index in [2.05, 4.69) is 4.98 Å². The van der Waals surface area contributed by atoms with Crippen LogP contribution in [0.4, 0.5) is 4.39 Å². The molecule has 4 nitrogen and oxygen atoms in total. The fourth-order valence-corrected chi connectivity index (χ4v) is 3.02. The van der Waals surface area contributed by atoms with Crippen LogP contribution in [-0.4, -0.2) is 16.7 Å². The third kappa shape index (κ3) is 3.30. The molecule has 0 fully saturated rings. The number of fused-ring (bicyclic) bond motifs is 1. The molecule has 5 heteroatoms. The van der Waals surface area contributed by atoms with Crippen LogP contribution in [0.5, 0.6) is 5.75 Å². The van der Waals surface area contributed by atoms with Gasteiger partial charge in [0.2, 0.25) is 0 Å². The van der Waals surface area contributed by atoms with Crippen LogP contribution < -0.4 is 10.3 Å². The van der Waals surface area contributed by atoms with Crippen LogP contribution in [0.3, 0.4) is 0 Å². The van der Waals surface area contributed by atoms with Gasteiger partial charge in [-0.3, -0.25) is 9.36 Å². The van der Waals surface area contributed by atoms with Crippen LogP contribution in [-0.2, 0) is 0 Å². The van der Waals surface area contributed by atoms with Gasteiger partial charge in [0.05, 0.1) is 23.7 Å². The molecule has 3 aromatic carbocycles. The highest BCUT2D eigenvalue weighted by Gasteiger charge is 2.11. The SMILES string of the molecule is COc1ccc(-n2c(/C=C\c3ccccc3F)nc3ccccc3c2=O)cc1. The summed E-state index contributed by atoms with van der Waals surface area (Å²) < 4.78 is 20.7. The Hall–Kier alpha value is -3.73. The first-order valence-electron chi connectivity index (χ1n) is 8.76. The number of ether oxygens (including phenoxy) is 1. The third-order valence-electron chi connectivity index (χ3n) is 4.45. The van der Waals surface area contributed by atoms with Crippen LogP contribution in [0.1, 0.15) is 11.4 Å². The quantitative estimate of drug-likeness (QED) is 0.521. The molecule has 28 heavy (non-hydrogen) atoms. The Morgan fingerprint density at radius 3 is 2.39 bits per heavy atom. The Bertz CT molecular complexity index is 1230. The van der Waals surface area contributed by atoms with E-state index in [0.717, 1.165) is 0 Å². The summed E-state index contributed by atoms with van der Waals surface area (Å²) in [7, 11) is 1.58. The van der Waals surface area contributed by atoms with Crippen molar-refractivity contribution in [3.05, 3.63) is 100 Å². The molecule has 0 spiro atoms. The monoisotopic (exact) mass is 372 g/mol. The Morgan fingerprint density at radius 1 is 0.929 bits per heavy atom. The number of rotatable bonds is 4. The van der Waals surface area contributed by atoms with E-state index in [1.54, 1.807) is 79.9 Å². The molecule has 0 aliphatic rings. The molecule has 0 saturated heterocycles. The Balaban J connectivity index is 1.93. The molecule has 0 aliphatic carbocycles. The second-order valence-electron chi connectivity index (χ2n) is 6.18. The van der Waals surface area contributed by atoms with Crippen molar-refractivity contribution in [3.63, 3.8) is 0 Å². The van der Waals surface area contributed by atoms with Crippen LogP contribution in [0.2, 0.25) is 0 Å². The summed E-state index contributed by atoms with van der Waals surface area (Å²) in [5, 5.41) is 0.515. The summed E-state index contributed by atoms with van der Waals surface area (Å²) in [5.41, 5.74) is 1.47. The molecular formula is C23H17FN2O2. The van der Waals surface area contributed by atoms with Gasteiger partial charge in [-0.1, -0.05) is 30.3 Å². The smallest absolute Gasteiger partial charge is 0.266 e. The largest absolute Gasteiger partial charge is 0.497 e. The Labute approximate surface area is 161 Å². The van der Waals surface area contributed by atoms with Crippen molar-refractivity contribution in [3.8, 4) is 11.4 Å². The summed E-state index contributed by atoms with van der Waals surface area (Å²) in [6, 6.07) is 20.8. The first-order chi connectivity index (χ1) is 13.7. The molecule has 4 aromatic rings. The zero-order chi connectivity index (χ0) is 19.5. The molecule has 0 amide bonds. The molecule has 0 atom stereocenters. The van der Waals surface area contributed by atoms with E-state index in [9.17, 15) is 9.18 Å². The maximum absolute atomic E-state index is 14.0. The molecule has 0 radical (unpaired) electrons. The van der Waals surface area contributed by atoms with Crippen molar-refractivity contribution in [2.45, 2.75) is 0 Å². The van der Waals surface area contributed by atoms with E-state index in [1.807, 2.05) is 6.07 Å². The topological polar surface area (TPSA) is 44.1 Å². The third-order valence-corrected chi connectivity index (χ3v) is 4.45. The van der Waals surface area contributed by atoms with E-state index in [1.165, 1.54) is 10.6 Å². The lowest BCUT2D eigenvalue weighted by atomic mass is 10.2. The number of benzene rings is 3. The van der Waals surface area contributed by atoms with Gasteiger partial charge >= 0.3 is 0 Å². The van der Waals surface area contributed by atoms with Crippen LogP contribution in [0.15, 0.2) is 77.6 Å². The van der Waals surface area contributed by atoms with Gasteiger partial charge in [-0.05, 0) is 54.6 Å². The van der Waals surface area contributed by atoms with E-state index in [0.29, 0.717) is 33.7 Å². The number of methoxy groups -OCH3 is 1. The van der Waals surface area contributed by atoms with Gasteiger partial charge in [0.25, 0.3) is 5.56 Å². The van der Waals surface area contributed by atoms with Gasteiger partial charge in [-0.2, -0.15) is 0 Å². The molecule has 1 aromatic heterocycles. The van der Waals surface area contributed by atoms with Crippen molar-refractivity contribution in [2.75, 3.05) is 7.11 Å². The predicted octanol–water partition coefficient (Wildman–Crippen LogP) is 4.70. The van der Waals surface area contributed by atoms with Crippen molar-refractivity contribution in [1.29, 1.82) is 0 Å². The van der Waals surface area contributed by atoms with Gasteiger partial charge < -0.3 is 4.74 Å². The highest BCUT2D eigenvalue weighted by Crippen LogP contribution is 2.18. The van der Waals surface area contributed by atoms with Crippen molar-refractivity contribution < 1.29 is 9.13 Å². The van der Waals surface area contributed by atoms with E-state index >= 15 is 0 Å². The Morgan fingerprint density at radius 2 is 1.64 bits per heavy atom. The fourth-order valence-electron chi connectivity index (χ4n) is 3.02. The number of para-hydroxylation sites is 1. The maximum atomic E-state index is 14.0. The van der Waals surface area contributed by atoms with Crippen molar-refractivity contribution in [1.82, 2.24) is 9.55 Å². The average molecular weight is 372 g/mol. The molecule has 0 saturated carbocycles. The summed E-state index contributed by atoms with van der Waals surface area (Å²) >= 11 is 0. The molecule has 1 heterocycles. The highest BCUT2D eigenvalue weighted by molar-refractivity contribution is 5.80. The summed E-state index contributed by atoms with van der Waals surface area (Å²) in [6.45, 7) is 0. The van der Waals surface area contributed by atoms with Crippen LogP contribution in [0, 0.1) is 5.82 Å². The highest BCUT2D eigenvalue weighted by atomic mass is 19.1. The number of halogens is 1. The number of hydrogen-bond donors (Lipinski definition) is 0. The molecule has 0 aliphatic heterocycles. The molecule has 0 N–H and O–H groups in total. The Kier molecular flexibility index (Phi) is 4.72. The minimum absolute atomic E-state index is 0.191. The predicted molar refractivity (Wildman–Crippen MR) is 109 cm³/mol. The normalized spacial score (nSPS) is 11.2. The van der Waals surface area contributed by atoms with Gasteiger partial charge in [0.1, 0.15) is 17.4 Å². The molecule has 0 unspecified atom stereocenters. The number of aromatic nitrogens is 2. The zero-order valence-electron chi connectivity index (χ0n) is 15.2. The first kappa shape index (κ1) is 17.7. The summed E-state index contributed by atoms with van der Waals surface area (Å²) in [5.74, 6) is 0.768. The fraction of sp³-hybridized carbons (Fsp3) is 0.0435. The van der Waals surface area contributed by atoms with Crippen LogP contribution >= 0.6 is 0 Å². The van der Waals surface area contributed by atoms with E-state index < -0.39 is 0 Å². The standard InChI is InChI=1S/C23H17FN2O2/c1-28-18-13-11-17(12-14-18)26-22(15-10-16-6-2-4-8-20(16)24)25-21-9-5-3-7-19(21)23(26)27/h2-15H,1H3/b15-10-. The van der Waals surface area contributed by atoms with Crippen molar-refractivity contribution in [2.24, 2.45) is 0 Å².